The van der Waals surface area contributed by atoms with Crippen LogP contribution in [0.15, 0.2) is 24.3 Å². The van der Waals surface area contributed by atoms with Crippen LogP contribution < -0.4 is 14.8 Å². The van der Waals surface area contributed by atoms with E-state index >= 15 is 0 Å². The molecule has 0 fully saturated rings. The first-order chi connectivity index (χ1) is 11.1. The van der Waals surface area contributed by atoms with Crippen molar-refractivity contribution in [3.63, 3.8) is 0 Å². The largest absolute Gasteiger partial charge is 0.461 e. The van der Waals surface area contributed by atoms with E-state index in [4.69, 9.17) is 14.2 Å². The van der Waals surface area contributed by atoms with Crippen molar-refractivity contribution in [1.29, 1.82) is 0 Å². The van der Waals surface area contributed by atoms with E-state index in [-0.39, 0.29) is 24.8 Å². The minimum atomic E-state index is -0.523. The summed E-state index contributed by atoms with van der Waals surface area (Å²) in [5.41, 5.74) is 0.874. The second-order valence-electron chi connectivity index (χ2n) is 4.78. The number of aromatic nitrogens is 2. The molecule has 2 aromatic rings. The molecule has 0 atom stereocenters. The minimum Gasteiger partial charge on any atom is -0.461 e. The number of nitrogens with zero attached hydrogens (tertiary/aromatic N) is 2. The number of amides is 1. The van der Waals surface area contributed by atoms with E-state index in [1.54, 1.807) is 32.2 Å². The van der Waals surface area contributed by atoms with E-state index in [1.165, 1.54) is 10.7 Å². The number of hydrogen-bond donors (Lipinski definition) is 1. The Morgan fingerprint density at radius 2 is 2.09 bits per heavy atom. The molecule has 0 radical (unpaired) electrons. The Bertz CT molecular complexity index is 768. The van der Waals surface area contributed by atoms with Crippen molar-refractivity contribution < 1.29 is 23.8 Å². The van der Waals surface area contributed by atoms with Crippen LogP contribution in [0, 0.1) is 0 Å². The maximum Gasteiger partial charge on any atom is 0.356 e. The lowest BCUT2D eigenvalue weighted by atomic mass is 10.2. The average molecular weight is 317 g/mol. The fourth-order valence-electron chi connectivity index (χ4n) is 2.14. The van der Waals surface area contributed by atoms with Crippen molar-refractivity contribution in [3.05, 3.63) is 35.7 Å². The second kappa shape index (κ2) is 5.99. The number of aryl methyl sites for hydroxylation is 1. The van der Waals surface area contributed by atoms with Gasteiger partial charge in [0.2, 0.25) is 6.79 Å². The molecule has 1 aliphatic heterocycles. The van der Waals surface area contributed by atoms with Gasteiger partial charge in [0.15, 0.2) is 17.2 Å². The first-order valence-corrected chi connectivity index (χ1v) is 7.00. The van der Waals surface area contributed by atoms with Crippen molar-refractivity contribution in [1.82, 2.24) is 9.78 Å². The highest BCUT2D eigenvalue weighted by atomic mass is 16.7. The normalized spacial score (nSPS) is 12.1. The smallest absolute Gasteiger partial charge is 0.356 e. The molecule has 8 heteroatoms. The SMILES string of the molecule is CCOC(=O)c1cc(C(=O)Nc2ccc3c(c2)OCO3)nn1C. The third-order valence-corrected chi connectivity index (χ3v) is 3.23. The van der Waals surface area contributed by atoms with Gasteiger partial charge in [-0.1, -0.05) is 0 Å². The maximum atomic E-state index is 12.2. The Balaban J connectivity index is 1.76. The van der Waals surface area contributed by atoms with Crippen LogP contribution in [-0.2, 0) is 11.8 Å². The van der Waals surface area contributed by atoms with Crippen LogP contribution in [0.1, 0.15) is 27.9 Å². The van der Waals surface area contributed by atoms with Gasteiger partial charge in [0.05, 0.1) is 6.61 Å². The lowest BCUT2D eigenvalue weighted by Gasteiger charge is -2.04. The average Bonchev–Trinajstić information content (AvgIpc) is 3.13. The summed E-state index contributed by atoms with van der Waals surface area (Å²) in [6.07, 6.45) is 0. The predicted molar refractivity (Wildman–Crippen MR) is 79.7 cm³/mol. The van der Waals surface area contributed by atoms with Crippen LogP contribution in [0.4, 0.5) is 5.69 Å². The zero-order valence-corrected chi connectivity index (χ0v) is 12.7. The van der Waals surface area contributed by atoms with Crippen LogP contribution >= 0.6 is 0 Å². The highest BCUT2D eigenvalue weighted by Gasteiger charge is 2.19. The van der Waals surface area contributed by atoms with Gasteiger partial charge in [0.25, 0.3) is 5.91 Å². The summed E-state index contributed by atoms with van der Waals surface area (Å²) in [5, 5.41) is 6.73. The number of ether oxygens (including phenoxy) is 3. The summed E-state index contributed by atoms with van der Waals surface area (Å²) >= 11 is 0. The molecule has 0 saturated heterocycles. The quantitative estimate of drug-likeness (QED) is 0.861. The van der Waals surface area contributed by atoms with Gasteiger partial charge in [-0.3, -0.25) is 9.48 Å². The van der Waals surface area contributed by atoms with Crippen molar-refractivity contribution in [2.75, 3.05) is 18.7 Å². The number of rotatable bonds is 4. The van der Waals surface area contributed by atoms with Crippen molar-refractivity contribution in [2.45, 2.75) is 6.92 Å². The molecule has 1 amide bonds. The molecule has 0 bridgehead atoms. The zero-order chi connectivity index (χ0) is 16.4. The van der Waals surface area contributed by atoms with Gasteiger partial charge in [-0.25, -0.2) is 4.79 Å². The summed E-state index contributed by atoms with van der Waals surface area (Å²) in [6, 6.07) is 6.46. The molecular formula is C15H15N3O5. The second-order valence-corrected chi connectivity index (χ2v) is 4.78. The molecule has 8 nitrogen and oxygen atoms in total. The highest BCUT2D eigenvalue weighted by Crippen LogP contribution is 2.34. The lowest BCUT2D eigenvalue weighted by Crippen LogP contribution is -2.13. The lowest BCUT2D eigenvalue weighted by molar-refractivity contribution is 0.0513. The summed E-state index contributed by atoms with van der Waals surface area (Å²) in [5.74, 6) is 0.237. The molecule has 0 unspecified atom stereocenters. The first kappa shape index (κ1) is 14.9. The Morgan fingerprint density at radius 3 is 2.87 bits per heavy atom. The van der Waals surface area contributed by atoms with E-state index in [9.17, 15) is 9.59 Å². The van der Waals surface area contributed by atoms with Crippen LogP contribution in [-0.4, -0.2) is 35.1 Å². The number of nitrogens with one attached hydrogen (secondary N) is 1. The van der Waals surface area contributed by atoms with Crippen LogP contribution in [0.2, 0.25) is 0 Å². The Hall–Kier alpha value is -3.03. The van der Waals surface area contributed by atoms with E-state index in [1.807, 2.05) is 0 Å². The van der Waals surface area contributed by atoms with Gasteiger partial charge in [0.1, 0.15) is 5.69 Å². The fraction of sp³-hybridized carbons (Fsp3) is 0.267. The highest BCUT2D eigenvalue weighted by molar-refractivity contribution is 6.04. The van der Waals surface area contributed by atoms with E-state index in [0.717, 1.165) is 0 Å². The molecular weight excluding hydrogens is 302 g/mol. The molecule has 0 saturated carbocycles. The van der Waals surface area contributed by atoms with Gasteiger partial charge < -0.3 is 19.5 Å². The monoisotopic (exact) mass is 317 g/mol. The third kappa shape index (κ3) is 2.96. The van der Waals surface area contributed by atoms with Crippen molar-refractivity contribution in [3.8, 4) is 11.5 Å². The Labute approximate surface area is 131 Å². The van der Waals surface area contributed by atoms with Crippen molar-refractivity contribution >= 4 is 17.6 Å². The summed E-state index contributed by atoms with van der Waals surface area (Å²) in [4.78, 5) is 24.0. The predicted octanol–water partition coefficient (Wildman–Crippen LogP) is 1.58. The maximum absolute atomic E-state index is 12.2. The zero-order valence-electron chi connectivity index (χ0n) is 12.7. The molecule has 1 N–H and O–H groups in total. The van der Waals surface area contributed by atoms with Crippen LogP contribution in [0.5, 0.6) is 11.5 Å². The molecule has 120 valence electrons. The summed E-state index contributed by atoms with van der Waals surface area (Å²) in [6.45, 7) is 2.13. The van der Waals surface area contributed by atoms with Crippen molar-refractivity contribution in [2.24, 2.45) is 7.05 Å². The van der Waals surface area contributed by atoms with Gasteiger partial charge >= 0.3 is 5.97 Å². The van der Waals surface area contributed by atoms with E-state index in [2.05, 4.69) is 10.4 Å². The third-order valence-electron chi connectivity index (χ3n) is 3.23. The van der Waals surface area contributed by atoms with Gasteiger partial charge in [-0.2, -0.15) is 5.10 Å². The number of anilines is 1. The number of fused-ring (bicyclic) bond motifs is 1. The van der Waals surface area contributed by atoms with Gasteiger partial charge in [-0.05, 0) is 19.1 Å². The molecule has 1 aromatic heterocycles. The van der Waals surface area contributed by atoms with Gasteiger partial charge in [-0.15, -0.1) is 0 Å². The number of carbonyl (C=O) groups excluding carboxylic acids is 2. The molecule has 3 rings (SSSR count). The van der Waals surface area contributed by atoms with Gasteiger partial charge in [0, 0.05) is 24.9 Å². The summed E-state index contributed by atoms with van der Waals surface area (Å²) < 4.78 is 16.7. The number of hydrogen-bond acceptors (Lipinski definition) is 6. The van der Waals surface area contributed by atoms with Crippen LogP contribution in [0.3, 0.4) is 0 Å². The van der Waals surface area contributed by atoms with Crippen LogP contribution in [0.25, 0.3) is 0 Å². The molecule has 23 heavy (non-hydrogen) atoms. The molecule has 0 aliphatic carbocycles. The molecule has 2 heterocycles. The Kier molecular flexibility index (Phi) is 3.88. The molecule has 0 spiro atoms. The van der Waals surface area contributed by atoms with E-state index < -0.39 is 11.9 Å². The standard InChI is InChI=1S/C15H15N3O5/c1-3-21-15(20)11-7-10(17-18(11)2)14(19)16-9-4-5-12-13(6-9)23-8-22-12/h4-7H,3,8H2,1-2H3,(H,16,19). The van der Waals surface area contributed by atoms with E-state index in [0.29, 0.717) is 17.2 Å². The number of esters is 1. The molecule has 1 aliphatic rings. The first-order valence-electron chi connectivity index (χ1n) is 7.00. The fourth-order valence-corrected chi connectivity index (χ4v) is 2.14. The topological polar surface area (TPSA) is 91.7 Å². The summed E-state index contributed by atoms with van der Waals surface area (Å²) in [7, 11) is 1.57. The number of benzene rings is 1. The Morgan fingerprint density at radius 1 is 1.30 bits per heavy atom. The minimum absolute atomic E-state index is 0.119. The molecule has 1 aromatic carbocycles. The number of carbonyl (C=O) groups is 2.